The summed E-state index contributed by atoms with van der Waals surface area (Å²) >= 11 is 0. The van der Waals surface area contributed by atoms with Gasteiger partial charge in [-0.1, -0.05) is 36.4 Å². The van der Waals surface area contributed by atoms with E-state index in [-0.39, 0.29) is 37.7 Å². The summed E-state index contributed by atoms with van der Waals surface area (Å²) in [5.74, 6) is 0.0856. The quantitative estimate of drug-likeness (QED) is 0.146. The topological polar surface area (TPSA) is 142 Å². The molecule has 1 aliphatic heterocycles. The predicted octanol–water partition coefficient (Wildman–Crippen LogP) is 5.22. The predicted molar refractivity (Wildman–Crippen MR) is 172 cm³/mol. The highest BCUT2D eigenvalue weighted by molar-refractivity contribution is 5.96. The molecule has 1 aliphatic rings. The van der Waals surface area contributed by atoms with Crippen molar-refractivity contribution in [3.63, 3.8) is 0 Å². The highest BCUT2D eigenvalue weighted by Crippen LogP contribution is 2.30. The van der Waals surface area contributed by atoms with E-state index in [0.717, 1.165) is 42.6 Å². The third-order valence-electron chi connectivity index (χ3n) is 7.47. The largest absolute Gasteiger partial charge is 0.489 e. The Hall–Kier alpha value is -4.86. The summed E-state index contributed by atoms with van der Waals surface area (Å²) in [7, 11) is 0. The Morgan fingerprint density at radius 3 is 2.27 bits per heavy atom. The van der Waals surface area contributed by atoms with E-state index in [4.69, 9.17) is 30.8 Å². The van der Waals surface area contributed by atoms with Gasteiger partial charge in [0.2, 0.25) is 0 Å². The fourth-order valence-corrected chi connectivity index (χ4v) is 5.21. The maximum absolute atomic E-state index is 13.1. The number of rotatable bonds is 12. The third kappa shape index (κ3) is 8.37. The molecule has 0 radical (unpaired) electrons. The number of carbonyl (C=O) groups is 2. The summed E-state index contributed by atoms with van der Waals surface area (Å²) in [6, 6.07) is 20.7. The Labute approximate surface area is 258 Å². The van der Waals surface area contributed by atoms with Crippen LogP contribution >= 0.6 is 0 Å². The van der Waals surface area contributed by atoms with Crippen molar-refractivity contribution >= 4 is 29.3 Å². The van der Waals surface area contributed by atoms with Gasteiger partial charge in [0.05, 0.1) is 19.0 Å². The molecule has 4 rings (SSSR count). The van der Waals surface area contributed by atoms with E-state index in [9.17, 15) is 9.59 Å². The van der Waals surface area contributed by atoms with Gasteiger partial charge in [0, 0.05) is 43.7 Å². The Balaban J connectivity index is 1.63. The molecule has 4 N–H and O–H groups in total. The summed E-state index contributed by atoms with van der Waals surface area (Å²) < 4.78 is 17.0. The molecule has 1 fully saturated rings. The smallest absolute Gasteiger partial charge is 0.341 e. The number of carbonyl (C=O) groups excluding carboxylic acids is 2. The zero-order chi connectivity index (χ0) is 31.6. The average molecular weight is 600 g/mol. The lowest BCUT2D eigenvalue weighted by Gasteiger charge is -2.33. The number of ether oxygens (including phenoxy) is 3. The SMILES string of the molecule is CCOC(=O)CN(Cc1cccc(-c2cccc(C(=N)N)c2)c1)c1ccc(OC2CCN(C(C)=N)CC2)c(C(=O)OCC)c1. The van der Waals surface area contributed by atoms with Gasteiger partial charge >= 0.3 is 11.9 Å². The number of piperidine rings is 1. The van der Waals surface area contributed by atoms with Gasteiger partial charge in [-0.25, -0.2) is 4.79 Å². The first kappa shape index (κ1) is 32.1. The minimum atomic E-state index is -0.499. The first-order valence-corrected chi connectivity index (χ1v) is 14.9. The van der Waals surface area contributed by atoms with Gasteiger partial charge in [-0.2, -0.15) is 0 Å². The second-order valence-electron chi connectivity index (χ2n) is 10.6. The van der Waals surface area contributed by atoms with Crippen LogP contribution in [0.3, 0.4) is 0 Å². The average Bonchev–Trinajstić information content (AvgIpc) is 3.01. The standard InChI is InChI=1S/C34H41N5O5/c1-4-42-32(40)22-39(21-24-8-6-9-25(18-24)26-10-7-11-27(19-26)33(36)37)28-12-13-31(30(20-28)34(41)43-5-2)44-29-14-16-38(17-15-29)23(3)35/h6-13,18-20,29,35H,4-5,14-17,21-22H2,1-3H3,(H3,36,37). The van der Waals surface area contributed by atoms with Crippen molar-refractivity contribution in [2.45, 2.75) is 46.3 Å². The minimum Gasteiger partial charge on any atom is -0.489 e. The monoisotopic (exact) mass is 599 g/mol. The lowest BCUT2D eigenvalue weighted by Crippen LogP contribution is -2.40. The van der Waals surface area contributed by atoms with E-state index >= 15 is 0 Å². The van der Waals surface area contributed by atoms with Gasteiger partial charge in [0.1, 0.15) is 29.8 Å². The molecular weight excluding hydrogens is 558 g/mol. The normalized spacial score (nSPS) is 13.2. The lowest BCUT2D eigenvalue weighted by atomic mass is 10.0. The summed E-state index contributed by atoms with van der Waals surface area (Å²) in [5.41, 5.74) is 10.1. The van der Waals surface area contributed by atoms with Crippen molar-refractivity contribution in [3.05, 3.63) is 83.4 Å². The number of nitrogens with two attached hydrogens (primary N) is 1. The molecule has 0 saturated carbocycles. The maximum Gasteiger partial charge on any atom is 0.341 e. The molecular formula is C34H41N5O5. The molecule has 232 valence electrons. The van der Waals surface area contributed by atoms with Crippen molar-refractivity contribution in [3.8, 4) is 16.9 Å². The number of hydrogen-bond acceptors (Lipinski definition) is 8. The maximum atomic E-state index is 13.1. The van der Waals surface area contributed by atoms with E-state index in [2.05, 4.69) is 0 Å². The Morgan fingerprint density at radius 1 is 0.932 bits per heavy atom. The van der Waals surface area contributed by atoms with Crippen molar-refractivity contribution < 1.29 is 23.8 Å². The molecule has 44 heavy (non-hydrogen) atoms. The van der Waals surface area contributed by atoms with Crippen LogP contribution in [0, 0.1) is 10.8 Å². The highest BCUT2D eigenvalue weighted by Gasteiger charge is 2.25. The molecule has 10 nitrogen and oxygen atoms in total. The van der Waals surface area contributed by atoms with Gasteiger partial charge in [-0.3, -0.25) is 15.6 Å². The number of nitrogens with zero attached hydrogens (tertiary/aromatic N) is 2. The van der Waals surface area contributed by atoms with Crippen molar-refractivity contribution in [2.75, 3.05) is 37.7 Å². The van der Waals surface area contributed by atoms with Crippen molar-refractivity contribution in [1.82, 2.24) is 4.90 Å². The molecule has 0 atom stereocenters. The van der Waals surface area contributed by atoms with Crippen LogP contribution in [0.4, 0.5) is 5.69 Å². The van der Waals surface area contributed by atoms with Crippen LogP contribution in [0.15, 0.2) is 66.7 Å². The van der Waals surface area contributed by atoms with Gasteiger partial charge in [-0.05, 0) is 67.8 Å². The zero-order valence-electron chi connectivity index (χ0n) is 25.6. The molecule has 0 unspecified atom stereocenters. The van der Waals surface area contributed by atoms with Crippen LogP contribution < -0.4 is 15.4 Å². The Kier molecular flexibility index (Phi) is 11.0. The van der Waals surface area contributed by atoms with Gasteiger partial charge < -0.3 is 29.7 Å². The molecule has 0 amide bonds. The molecule has 0 spiro atoms. The van der Waals surface area contributed by atoms with E-state index < -0.39 is 5.97 Å². The minimum absolute atomic E-state index is 0.000340. The molecule has 1 heterocycles. The van der Waals surface area contributed by atoms with E-state index in [1.807, 2.05) is 58.3 Å². The second-order valence-corrected chi connectivity index (χ2v) is 10.6. The summed E-state index contributed by atoms with van der Waals surface area (Å²) in [5, 5.41) is 15.7. The first-order valence-electron chi connectivity index (χ1n) is 14.9. The van der Waals surface area contributed by atoms with E-state index in [1.165, 1.54) is 0 Å². The zero-order valence-corrected chi connectivity index (χ0v) is 25.6. The summed E-state index contributed by atoms with van der Waals surface area (Å²) in [6.45, 7) is 7.55. The van der Waals surface area contributed by atoms with Crippen LogP contribution in [-0.2, 0) is 20.8 Å². The van der Waals surface area contributed by atoms with Gasteiger partial charge in [0.15, 0.2) is 0 Å². The van der Waals surface area contributed by atoms with Gasteiger partial charge in [-0.15, -0.1) is 0 Å². The van der Waals surface area contributed by atoms with Crippen LogP contribution in [0.25, 0.3) is 11.1 Å². The number of nitrogens with one attached hydrogen (secondary N) is 2. The Morgan fingerprint density at radius 2 is 1.61 bits per heavy atom. The molecule has 3 aromatic carbocycles. The molecule has 0 bridgehead atoms. The fraction of sp³-hybridized carbons (Fsp3) is 0.353. The number of amidine groups is 2. The lowest BCUT2D eigenvalue weighted by molar-refractivity contribution is -0.141. The van der Waals surface area contributed by atoms with Crippen LogP contribution in [-0.4, -0.2) is 67.5 Å². The van der Waals surface area contributed by atoms with Crippen molar-refractivity contribution in [1.29, 1.82) is 10.8 Å². The highest BCUT2D eigenvalue weighted by atomic mass is 16.5. The number of hydrogen-bond donors (Lipinski definition) is 3. The molecule has 3 aromatic rings. The van der Waals surface area contributed by atoms with Gasteiger partial charge in [0.25, 0.3) is 0 Å². The number of anilines is 1. The molecule has 10 heteroatoms. The molecule has 1 saturated heterocycles. The summed E-state index contributed by atoms with van der Waals surface area (Å²) in [6.07, 6.45) is 1.38. The summed E-state index contributed by atoms with van der Waals surface area (Å²) in [4.78, 5) is 29.7. The number of esters is 2. The number of benzene rings is 3. The third-order valence-corrected chi connectivity index (χ3v) is 7.47. The number of likely N-dealkylation sites (tertiary alicyclic amines) is 1. The molecule has 0 aliphatic carbocycles. The first-order chi connectivity index (χ1) is 21.2. The fourth-order valence-electron chi connectivity index (χ4n) is 5.21. The second kappa shape index (κ2) is 15.0. The van der Waals surface area contributed by atoms with Crippen molar-refractivity contribution in [2.24, 2.45) is 5.73 Å². The van der Waals surface area contributed by atoms with Crippen LogP contribution in [0.5, 0.6) is 5.75 Å². The molecule has 0 aromatic heterocycles. The van der Waals surface area contributed by atoms with E-state index in [1.54, 1.807) is 39.0 Å². The van der Waals surface area contributed by atoms with Crippen LogP contribution in [0.2, 0.25) is 0 Å². The van der Waals surface area contributed by atoms with E-state index in [0.29, 0.717) is 34.9 Å². The Bertz CT molecular complexity index is 1500. The number of nitrogen functional groups attached to an aromatic ring is 1. The van der Waals surface area contributed by atoms with Crippen LogP contribution in [0.1, 0.15) is 55.1 Å².